The van der Waals surface area contributed by atoms with Gasteiger partial charge in [0.05, 0.1) is 12.5 Å². The van der Waals surface area contributed by atoms with Crippen LogP contribution in [0.5, 0.6) is 0 Å². The van der Waals surface area contributed by atoms with E-state index in [9.17, 15) is 13.2 Å². The maximum absolute atomic E-state index is 12.8. The molecule has 2 atom stereocenters. The van der Waals surface area contributed by atoms with Gasteiger partial charge in [-0.05, 0) is 12.8 Å². The van der Waals surface area contributed by atoms with Gasteiger partial charge in [-0.3, -0.25) is 0 Å². The van der Waals surface area contributed by atoms with Crippen LogP contribution >= 0.6 is 0 Å². The van der Waals surface area contributed by atoms with Crippen LogP contribution in [0.4, 0.5) is 13.2 Å². The lowest BCUT2D eigenvalue weighted by Gasteiger charge is -2.33. The molecule has 4 nitrogen and oxygen atoms in total. The lowest BCUT2D eigenvalue weighted by Crippen LogP contribution is -2.45. The van der Waals surface area contributed by atoms with Crippen molar-refractivity contribution in [1.29, 1.82) is 0 Å². The van der Waals surface area contributed by atoms with Gasteiger partial charge in [-0.25, -0.2) is 0 Å². The van der Waals surface area contributed by atoms with Crippen LogP contribution in [0.1, 0.15) is 37.4 Å². The summed E-state index contributed by atoms with van der Waals surface area (Å²) in [4.78, 5) is 3.96. The van der Waals surface area contributed by atoms with E-state index < -0.39 is 18.1 Å². The van der Waals surface area contributed by atoms with Crippen LogP contribution in [-0.2, 0) is 6.54 Å². The van der Waals surface area contributed by atoms with Crippen LogP contribution < -0.4 is 5.32 Å². The Bertz CT molecular complexity index is 391. The highest BCUT2D eigenvalue weighted by atomic mass is 19.4. The van der Waals surface area contributed by atoms with Crippen LogP contribution in [0.15, 0.2) is 4.52 Å². The molecule has 0 unspecified atom stereocenters. The molecule has 1 aliphatic carbocycles. The number of alkyl halides is 3. The molecule has 0 saturated heterocycles. The number of nitrogens with one attached hydrogen (secondary N) is 1. The van der Waals surface area contributed by atoms with Crippen molar-refractivity contribution in [3.63, 3.8) is 0 Å². The Labute approximate surface area is 103 Å². The summed E-state index contributed by atoms with van der Waals surface area (Å²) >= 11 is 0. The molecule has 0 aromatic carbocycles. The third-order valence-electron chi connectivity index (χ3n) is 3.28. The SMILES string of the molecule is Cc1nc(CN[C@@H]2CCCC[C@H]2C(F)(F)F)no1. The Morgan fingerprint density at radius 2 is 2.06 bits per heavy atom. The summed E-state index contributed by atoms with van der Waals surface area (Å²) in [7, 11) is 0. The maximum Gasteiger partial charge on any atom is 0.393 e. The molecule has 0 spiro atoms. The molecule has 0 bridgehead atoms. The Kier molecular flexibility index (Phi) is 3.89. The van der Waals surface area contributed by atoms with Gasteiger partial charge in [-0.1, -0.05) is 18.0 Å². The van der Waals surface area contributed by atoms with Gasteiger partial charge in [0.2, 0.25) is 5.89 Å². The monoisotopic (exact) mass is 263 g/mol. The molecule has 102 valence electrons. The molecule has 7 heteroatoms. The molecule has 1 aromatic heterocycles. The normalized spacial score (nSPS) is 25.3. The molecule has 1 saturated carbocycles. The van der Waals surface area contributed by atoms with Gasteiger partial charge in [-0.15, -0.1) is 0 Å². The molecule has 1 fully saturated rings. The van der Waals surface area contributed by atoms with Gasteiger partial charge < -0.3 is 9.84 Å². The number of rotatable bonds is 3. The zero-order chi connectivity index (χ0) is 13.2. The highest BCUT2D eigenvalue weighted by Gasteiger charge is 2.45. The summed E-state index contributed by atoms with van der Waals surface area (Å²) in [6.07, 6.45) is -1.92. The molecule has 0 amide bonds. The summed E-state index contributed by atoms with van der Waals surface area (Å²) in [5, 5.41) is 6.56. The van der Waals surface area contributed by atoms with Gasteiger partial charge in [-0.2, -0.15) is 18.2 Å². The molecular formula is C11H16F3N3O. The molecule has 1 aromatic rings. The molecule has 1 heterocycles. The van der Waals surface area contributed by atoms with Crippen molar-refractivity contribution < 1.29 is 17.7 Å². The molecular weight excluding hydrogens is 247 g/mol. The minimum absolute atomic E-state index is 0.201. The second-order valence-electron chi connectivity index (χ2n) is 4.65. The maximum atomic E-state index is 12.8. The lowest BCUT2D eigenvalue weighted by atomic mass is 9.84. The molecule has 1 aliphatic rings. The Morgan fingerprint density at radius 3 is 2.67 bits per heavy atom. The van der Waals surface area contributed by atoms with Gasteiger partial charge in [0.25, 0.3) is 0 Å². The van der Waals surface area contributed by atoms with Gasteiger partial charge in [0.15, 0.2) is 5.82 Å². The zero-order valence-corrected chi connectivity index (χ0v) is 10.1. The largest absolute Gasteiger partial charge is 0.393 e. The average Bonchev–Trinajstić information content (AvgIpc) is 2.72. The van der Waals surface area contributed by atoms with Crippen molar-refractivity contribution in [3.05, 3.63) is 11.7 Å². The van der Waals surface area contributed by atoms with Crippen molar-refractivity contribution in [2.24, 2.45) is 5.92 Å². The average molecular weight is 263 g/mol. The predicted octanol–water partition coefficient (Wildman–Crippen LogP) is 2.59. The third kappa shape index (κ3) is 3.22. The number of hydrogen-bond donors (Lipinski definition) is 1. The predicted molar refractivity (Wildman–Crippen MR) is 57.7 cm³/mol. The summed E-state index contributed by atoms with van der Waals surface area (Å²) in [6.45, 7) is 1.87. The number of aromatic nitrogens is 2. The summed E-state index contributed by atoms with van der Waals surface area (Å²) < 4.78 is 43.3. The summed E-state index contributed by atoms with van der Waals surface area (Å²) in [6, 6.07) is -0.544. The quantitative estimate of drug-likeness (QED) is 0.910. The van der Waals surface area contributed by atoms with Crippen molar-refractivity contribution in [2.45, 2.75) is 51.4 Å². The van der Waals surface area contributed by atoms with E-state index in [1.54, 1.807) is 6.92 Å². The van der Waals surface area contributed by atoms with Crippen LogP contribution in [0.25, 0.3) is 0 Å². The number of hydrogen-bond acceptors (Lipinski definition) is 4. The number of halogens is 3. The topological polar surface area (TPSA) is 51.0 Å². The van der Waals surface area contributed by atoms with E-state index >= 15 is 0 Å². The van der Waals surface area contributed by atoms with E-state index in [1.165, 1.54) is 0 Å². The third-order valence-corrected chi connectivity index (χ3v) is 3.28. The van der Waals surface area contributed by atoms with Crippen LogP contribution in [0.3, 0.4) is 0 Å². The van der Waals surface area contributed by atoms with E-state index in [2.05, 4.69) is 15.5 Å². The van der Waals surface area contributed by atoms with E-state index in [0.717, 1.165) is 6.42 Å². The van der Waals surface area contributed by atoms with Crippen LogP contribution in [0, 0.1) is 12.8 Å². The highest BCUT2D eigenvalue weighted by Crippen LogP contribution is 2.37. The molecule has 1 N–H and O–H groups in total. The fourth-order valence-corrected chi connectivity index (χ4v) is 2.40. The van der Waals surface area contributed by atoms with E-state index in [4.69, 9.17) is 4.52 Å². The number of aryl methyl sites for hydroxylation is 1. The fourth-order valence-electron chi connectivity index (χ4n) is 2.40. The van der Waals surface area contributed by atoms with E-state index in [-0.39, 0.29) is 13.0 Å². The molecule has 0 radical (unpaired) electrons. The van der Waals surface area contributed by atoms with Crippen LogP contribution in [0.2, 0.25) is 0 Å². The first kappa shape index (κ1) is 13.3. The van der Waals surface area contributed by atoms with Crippen molar-refractivity contribution in [1.82, 2.24) is 15.5 Å². The van der Waals surface area contributed by atoms with Crippen molar-refractivity contribution in [2.75, 3.05) is 0 Å². The number of nitrogens with zero attached hydrogens (tertiary/aromatic N) is 2. The fraction of sp³-hybridized carbons (Fsp3) is 0.818. The summed E-state index contributed by atoms with van der Waals surface area (Å²) in [5.41, 5.74) is 0. The van der Waals surface area contributed by atoms with Gasteiger partial charge >= 0.3 is 6.18 Å². The van der Waals surface area contributed by atoms with Crippen molar-refractivity contribution in [3.8, 4) is 0 Å². The second-order valence-corrected chi connectivity index (χ2v) is 4.65. The molecule has 18 heavy (non-hydrogen) atoms. The second kappa shape index (κ2) is 5.26. The minimum atomic E-state index is -4.13. The highest BCUT2D eigenvalue weighted by molar-refractivity contribution is 4.89. The Hall–Kier alpha value is -1.11. The Balaban J connectivity index is 1.93. The first-order chi connectivity index (χ1) is 8.47. The van der Waals surface area contributed by atoms with Crippen molar-refractivity contribution >= 4 is 0 Å². The first-order valence-corrected chi connectivity index (χ1v) is 6.06. The standard InChI is InChI=1S/C11H16F3N3O/c1-7-16-10(17-18-7)6-15-9-5-3-2-4-8(9)11(12,13)14/h8-9,15H,2-6H2,1H3/t8-,9-/m1/s1. The Morgan fingerprint density at radius 1 is 1.33 bits per heavy atom. The van der Waals surface area contributed by atoms with Gasteiger partial charge in [0.1, 0.15) is 0 Å². The minimum Gasteiger partial charge on any atom is -0.340 e. The molecule has 2 rings (SSSR count). The summed E-state index contributed by atoms with van der Waals surface area (Å²) in [5.74, 6) is -0.443. The van der Waals surface area contributed by atoms with E-state index in [0.29, 0.717) is 24.6 Å². The first-order valence-electron chi connectivity index (χ1n) is 6.06. The molecule has 0 aliphatic heterocycles. The van der Waals surface area contributed by atoms with E-state index in [1.807, 2.05) is 0 Å². The zero-order valence-electron chi connectivity index (χ0n) is 10.1. The lowest BCUT2D eigenvalue weighted by molar-refractivity contribution is -0.189. The van der Waals surface area contributed by atoms with Crippen LogP contribution in [-0.4, -0.2) is 22.4 Å². The van der Waals surface area contributed by atoms with Gasteiger partial charge in [0, 0.05) is 13.0 Å². The smallest absolute Gasteiger partial charge is 0.340 e.